The third-order valence-electron chi connectivity index (χ3n) is 6.60. The molecular weight excluding hydrogens is 549 g/mol. The number of hydrogen-bond acceptors (Lipinski definition) is 9. The van der Waals surface area contributed by atoms with Gasteiger partial charge in [-0.15, -0.1) is 0 Å². The Labute approximate surface area is 223 Å². The van der Waals surface area contributed by atoms with Gasteiger partial charge in [-0.1, -0.05) is 5.16 Å². The summed E-state index contributed by atoms with van der Waals surface area (Å²) in [5, 5.41) is 26.5. The van der Waals surface area contributed by atoms with E-state index in [2.05, 4.69) is 40.4 Å². The van der Waals surface area contributed by atoms with Crippen molar-refractivity contribution in [3.63, 3.8) is 0 Å². The fourth-order valence-corrected chi connectivity index (χ4v) is 4.26. The van der Waals surface area contributed by atoms with E-state index < -0.39 is 54.8 Å². The van der Waals surface area contributed by atoms with E-state index in [1.807, 2.05) is 0 Å². The van der Waals surface area contributed by atoms with Crippen LogP contribution in [0.5, 0.6) is 0 Å². The first kappa shape index (κ1) is 29.3. The number of nitrogens with zero attached hydrogens (tertiary/aromatic N) is 5. The summed E-state index contributed by atoms with van der Waals surface area (Å²) in [5.41, 5.74) is 0.715. The van der Waals surface area contributed by atoms with Gasteiger partial charge in [0.15, 0.2) is 23.7 Å². The Bertz CT molecular complexity index is 1350. The topological polar surface area (TPSA) is 157 Å². The lowest BCUT2D eigenvalue weighted by Gasteiger charge is -2.33. The Morgan fingerprint density at radius 2 is 1.95 bits per heavy atom. The van der Waals surface area contributed by atoms with Crippen LogP contribution in [0.15, 0.2) is 23.1 Å². The van der Waals surface area contributed by atoms with E-state index in [1.165, 1.54) is 29.9 Å². The number of ether oxygens (including phenoxy) is 1. The van der Waals surface area contributed by atoms with E-state index >= 15 is 0 Å². The summed E-state index contributed by atoms with van der Waals surface area (Å²) in [4.78, 5) is 29.3. The SMILES string of the molecule is Cc1nonc1C(=O)N[C@H](c1cn2ncc([C@@H](O)NC(=O)CO[C@@H](C)C(F)(F)F)cc2n1)C1CCC(F)(F)CC1. The highest BCUT2D eigenvalue weighted by Gasteiger charge is 2.40. The number of rotatable bonds is 9. The van der Waals surface area contributed by atoms with Crippen LogP contribution in [0.25, 0.3) is 5.65 Å². The summed E-state index contributed by atoms with van der Waals surface area (Å²) in [7, 11) is 0. The van der Waals surface area contributed by atoms with Crippen molar-refractivity contribution in [3.05, 3.63) is 41.1 Å². The molecule has 0 aliphatic heterocycles. The molecule has 3 aromatic rings. The van der Waals surface area contributed by atoms with Gasteiger partial charge in [0.2, 0.25) is 11.8 Å². The van der Waals surface area contributed by atoms with Gasteiger partial charge in [0.25, 0.3) is 5.91 Å². The third-order valence-corrected chi connectivity index (χ3v) is 6.60. The Balaban J connectivity index is 1.51. The van der Waals surface area contributed by atoms with Crippen LogP contribution in [0.2, 0.25) is 0 Å². The van der Waals surface area contributed by atoms with Gasteiger partial charge in [-0.25, -0.2) is 22.9 Å². The van der Waals surface area contributed by atoms with Gasteiger partial charge in [0.1, 0.15) is 12.3 Å². The molecule has 218 valence electrons. The number of aromatic nitrogens is 5. The van der Waals surface area contributed by atoms with Gasteiger partial charge in [-0.05, 0) is 43.8 Å². The van der Waals surface area contributed by atoms with Gasteiger partial charge in [-0.2, -0.15) is 18.3 Å². The van der Waals surface area contributed by atoms with Gasteiger partial charge in [-0.3, -0.25) is 9.59 Å². The van der Waals surface area contributed by atoms with E-state index in [4.69, 9.17) is 0 Å². The standard InChI is InChI=1S/C23H26F5N7O5/c1-11-18(34-40-33-11)21(38)32-19(13-3-5-22(24,25)6-4-13)15-9-35-16(30-15)7-14(8-29-35)20(37)31-17(36)10-39-12(2)23(26,27)28/h7-9,12-13,19-20,37H,3-6,10H2,1-2H3,(H,31,36)(H,32,38)/t12-,19-,20+/m0/s1. The molecule has 3 atom stereocenters. The predicted octanol–water partition coefficient (Wildman–Crippen LogP) is 2.79. The van der Waals surface area contributed by atoms with Crippen molar-refractivity contribution in [2.24, 2.45) is 5.92 Å². The number of hydrogen-bond donors (Lipinski definition) is 3. The molecule has 3 N–H and O–H groups in total. The van der Waals surface area contributed by atoms with Gasteiger partial charge < -0.3 is 20.5 Å². The number of carbonyl (C=O) groups is 2. The molecule has 0 unspecified atom stereocenters. The second-order valence-corrected chi connectivity index (χ2v) is 9.57. The Kier molecular flexibility index (Phi) is 8.34. The summed E-state index contributed by atoms with van der Waals surface area (Å²) < 4.78 is 75.7. The Morgan fingerprint density at radius 3 is 2.58 bits per heavy atom. The van der Waals surface area contributed by atoms with Crippen molar-refractivity contribution in [2.75, 3.05) is 6.61 Å². The number of halogens is 5. The van der Waals surface area contributed by atoms with E-state index in [-0.39, 0.29) is 48.3 Å². The number of aryl methyl sites for hydroxylation is 1. The fourth-order valence-electron chi connectivity index (χ4n) is 4.26. The molecule has 0 aromatic carbocycles. The van der Waals surface area contributed by atoms with Crippen molar-refractivity contribution in [1.29, 1.82) is 0 Å². The lowest BCUT2D eigenvalue weighted by Crippen LogP contribution is -2.37. The predicted molar refractivity (Wildman–Crippen MR) is 124 cm³/mol. The summed E-state index contributed by atoms with van der Waals surface area (Å²) >= 11 is 0. The summed E-state index contributed by atoms with van der Waals surface area (Å²) in [5.74, 6) is -4.82. The molecule has 17 heteroatoms. The number of aliphatic hydroxyl groups is 1. The highest BCUT2D eigenvalue weighted by atomic mass is 19.4. The van der Waals surface area contributed by atoms with Crippen LogP contribution in [-0.4, -0.2) is 66.6 Å². The maximum absolute atomic E-state index is 13.8. The number of carbonyl (C=O) groups excluding carboxylic acids is 2. The minimum absolute atomic E-state index is 0.0593. The maximum atomic E-state index is 13.8. The highest BCUT2D eigenvalue weighted by molar-refractivity contribution is 5.93. The van der Waals surface area contributed by atoms with Crippen LogP contribution in [0, 0.1) is 12.8 Å². The third kappa shape index (κ3) is 6.88. The van der Waals surface area contributed by atoms with E-state index in [9.17, 15) is 36.6 Å². The Hall–Kier alpha value is -3.73. The van der Waals surface area contributed by atoms with Crippen molar-refractivity contribution in [2.45, 2.75) is 70.0 Å². The Morgan fingerprint density at radius 1 is 1.25 bits per heavy atom. The van der Waals surface area contributed by atoms with Crippen LogP contribution in [0.3, 0.4) is 0 Å². The van der Waals surface area contributed by atoms with Gasteiger partial charge in [0, 0.05) is 18.4 Å². The maximum Gasteiger partial charge on any atom is 0.414 e. The molecule has 3 heterocycles. The van der Waals surface area contributed by atoms with Gasteiger partial charge in [0.05, 0.1) is 24.1 Å². The average molecular weight is 575 g/mol. The molecule has 2 amide bonds. The van der Waals surface area contributed by atoms with Crippen LogP contribution in [0.1, 0.15) is 72.3 Å². The summed E-state index contributed by atoms with van der Waals surface area (Å²) in [6.45, 7) is 1.32. The molecule has 12 nitrogen and oxygen atoms in total. The van der Waals surface area contributed by atoms with Crippen LogP contribution >= 0.6 is 0 Å². The van der Waals surface area contributed by atoms with Crippen molar-refractivity contribution < 1.29 is 46.0 Å². The first-order chi connectivity index (χ1) is 18.7. The largest absolute Gasteiger partial charge is 0.414 e. The normalized spacial score (nSPS) is 18.3. The number of alkyl halides is 5. The zero-order valence-electron chi connectivity index (χ0n) is 21.3. The van der Waals surface area contributed by atoms with Crippen molar-refractivity contribution in [3.8, 4) is 0 Å². The fraction of sp³-hybridized carbons (Fsp3) is 0.565. The molecule has 1 aliphatic rings. The van der Waals surface area contributed by atoms with Gasteiger partial charge >= 0.3 is 6.18 Å². The first-order valence-electron chi connectivity index (χ1n) is 12.2. The molecule has 0 radical (unpaired) electrons. The molecule has 4 rings (SSSR count). The quantitative estimate of drug-likeness (QED) is 0.258. The lowest BCUT2D eigenvalue weighted by atomic mass is 9.81. The smallest absolute Gasteiger partial charge is 0.369 e. The molecule has 0 saturated heterocycles. The van der Waals surface area contributed by atoms with Crippen molar-refractivity contribution >= 4 is 17.5 Å². The zero-order valence-corrected chi connectivity index (χ0v) is 21.3. The van der Waals surface area contributed by atoms with Crippen LogP contribution in [-0.2, 0) is 9.53 Å². The van der Waals surface area contributed by atoms with E-state index in [0.717, 1.165) is 6.92 Å². The monoisotopic (exact) mass is 575 g/mol. The first-order valence-corrected chi connectivity index (χ1v) is 12.2. The average Bonchev–Trinajstić information content (AvgIpc) is 3.50. The zero-order chi connectivity index (χ0) is 29.2. The summed E-state index contributed by atoms with van der Waals surface area (Å²) in [6.07, 6.45) is -6.28. The number of aliphatic hydroxyl groups excluding tert-OH is 1. The molecule has 0 spiro atoms. The molecule has 1 saturated carbocycles. The highest BCUT2D eigenvalue weighted by Crippen LogP contribution is 2.41. The molecule has 1 fully saturated rings. The molecule has 0 bridgehead atoms. The number of nitrogens with one attached hydrogen (secondary N) is 2. The molecule has 40 heavy (non-hydrogen) atoms. The minimum atomic E-state index is -4.65. The molecular formula is C23H26F5N7O5. The van der Waals surface area contributed by atoms with Crippen LogP contribution < -0.4 is 10.6 Å². The minimum Gasteiger partial charge on any atom is -0.369 e. The second-order valence-electron chi connectivity index (χ2n) is 9.57. The van der Waals surface area contributed by atoms with Crippen molar-refractivity contribution in [1.82, 2.24) is 35.5 Å². The number of fused-ring (bicyclic) bond motifs is 1. The molecule has 3 aromatic heterocycles. The van der Waals surface area contributed by atoms with E-state index in [0.29, 0.717) is 5.69 Å². The summed E-state index contributed by atoms with van der Waals surface area (Å²) in [6, 6.07) is 0.558. The van der Waals surface area contributed by atoms with E-state index in [1.54, 1.807) is 0 Å². The lowest BCUT2D eigenvalue weighted by molar-refractivity contribution is -0.213. The molecule has 1 aliphatic carbocycles. The number of imidazole rings is 1. The number of amides is 2. The second kappa shape index (κ2) is 11.4. The van der Waals surface area contributed by atoms with Crippen LogP contribution in [0.4, 0.5) is 22.0 Å².